The van der Waals surface area contributed by atoms with E-state index in [1.807, 2.05) is 34.9 Å². The largest absolute Gasteiger partial charge is 0.405 e. The fraction of sp³-hybridized carbons (Fsp3) is 0. The van der Waals surface area contributed by atoms with Crippen LogP contribution in [0.3, 0.4) is 0 Å². The zero-order valence-electron chi connectivity index (χ0n) is 13.8. The van der Waals surface area contributed by atoms with E-state index in [0.717, 1.165) is 21.7 Å². The Morgan fingerprint density at radius 1 is 0.654 bits per heavy atom. The van der Waals surface area contributed by atoms with E-state index in [0.29, 0.717) is 11.1 Å². The predicted octanol–water partition coefficient (Wildman–Crippen LogP) is 5.51. The monoisotopic (exact) mass is 335 g/mol. The van der Waals surface area contributed by atoms with Crippen LogP contribution in [-0.2, 0) is 0 Å². The first-order valence-corrected chi connectivity index (χ1v) is 8.58. The van der Waals surface area contributed by atoms with Crippen molar-refractivity contribution in [1.82, 2.24) is 4.40 Å². The maximum absolute atomic E-state index is 12.4. The number of rotatable bonds is 0. The second-order valence-electron chi connectivity index (χ2n) is 6.62. The Kier molecular flexibility index (Phi) is 2.49. The molecule has 0 spiro atoms. The van der Waals surface area contributed by atoms with Crippen LogP contribution in [0, 0.1) is 0 Å². The summed E-state index contributed by atoms with van der Waals surface area (Å²) in [6, 6.07) is 24.5. The molecule has 122 valence electrons. The van der Waals surface area contributed by atoms with E-state index in [1.54, 1.807) is 0 Å². The fourth-order valence-corrected chi connectivity index (χ4v) is 4.05. The van der Waals surface area contributed by atoms with E-state index in [2.05, 4.69) is 48.5 Å². The number of benzene rings is 3. The van der Waals surface area contributed by atoms with Crippen molar-refractivity contribution in [3.05, 3.63) is 89.4 Å². The van der Waals surface area contributed by atoms with Crippen molar-refractivity contribution in [3.8, 4) is 0 Å². The molecule has 3 nitrogen and oxygen atoms in total. The van der Waals surface area contributed by atoms with Crippen molar-refractivity contribution >= 4 is 48.9 Å². The van der Waals surface area contributed by atoms with Gasteiger partial charge in [-0.25, -0.2) is 4.79 Å². The third-order valence-corrected chi connectivity index (χ3v) is 5.25. The molecule has 0 aliphatic rings. The molecule has 0 aliphatic heterocycles. The first-order chi connectivity index (χ1) is 12.8. The van der Waals surface area contributed by atoms with Crippen molar-refractivity contribution in [1.29, 1.82) is 0 Å². The van der Waals surface area contributed by atoms with Crippen molar-refractivity contribution in [2.75, 3.05) is 0 Å². The van der Waals surface area contributed by atoms with Crippen LogP contribution in [0.1, 0.15) is 0 Å². The van der Waals surface area contributed by atoms with E-state index in [9.17, 15) is 4.79 Å². The van der Waals surface area contributed by atoms with Gasteiger partial charge in [-0.3, -0.25) is 4.40 Å². The molecule has 0 fully saturated rings. The minimum atomic E-state index is -0.299. The Hall–Kier alpha value is -3.59. The zero-order chi connectivity index (χ0) is 17.3. The topological polar surface area (TPSA) is 34.6 Å². The Labute approximate surface area is 147 Å². The standard InChI is InChI=1S/C23H13NO2/c25-23-19-8-4-3-7-16(19)20-13-21-18-10-9-14-5-1-2-6-15(14)17(18)11-12-24(21)22(20)26-23/h1-13H. The van der Waals surface area contributed by atoms with Crippen LogP contribution in [0.4, 0.5) is 0 Å². The summed E-state index contributed by atoms with van der Waals surface area (Å²) in [5, 5.41) is 7.30. The van der Waals surface area contributed by atoms with Crippen LogP contribution in [-0.4, -0.2) is 4.40 Å². The number of pyridine rings is 1. The summed E-state index contributed by atoms with van der Waals surface area (Å²) in [7, 11) is 0. The van der Waals surface area contributed by atoms with Crippen LogP contribution in [0.15, 0.2) is 88.2 Å². The molecule has 6 aromatic rings. The molecule has 0 aliphatic carbocycles. The maximum Gasteiger partial charge on any atom is 0.345 e. The maximum atomic E-state index is 12.4. The number of hydrogen-bond donors (Lipinski definition) is 0. The van der Waals surface area contributed by atoms with Gasteiger partial charge in [0, 0.05) is 22.4 Å². The molecule has 3 aromatic carbocycles. The highest BCUT2D eigenvalue weighted by atomic mass is 16.4. The summed E-state index contributed by atoms with van der Waals surface area (Å²) >= 11 is 0. The highest BCUT2D eigenvalue weighted by Gasteiger charge is 2.14. The molecular formula is C23H13NO2. The molecule has 0 bridgehead atoms. The molecule has 0 saturated carbocycles. The van der Waals surface area contributed by atoms with E-state index >= 15 is 0 Å². The lowest BCUT2D eigenvalue weighted by Crippen LogP contribution is -1.99. The lowest BCUT2D eigenvalue weighted by atomic mass is 10.0. The Morgan fingerprint density at radius 3 is 2.27 bits per heavy atom. The molecule has 6 rings (SSSR count). The molecule has 0 N–H and O–H groups in total. The molecule has 26 heavy (non-hydrogen) atoms. The van der Waals surface area contributed by atoms with Crippen molar-refractivity contribution in [2.24, 2.45) is 0 Å². The number of fused-ring (bicyclic) bond motifs is 9. The molecule has 3 aromatic heterocycles. The van der Waals surface area contributed by atoms with Gasteiger partial charge in [-0.1, -0.05) is 54.6 Å². The van der Waals surface area contributed by atoms with Gasteiger partial charge in [-0.15, -0.1) is 0 Å². The van der Waals surface area contributed by atoms with Gasteiger partial charge in [-0.2, -0.15) is 0 Å². The number of nitrogens with zero attached hydrogens (tertiary/aromatic N) is 1. The smallest absolute Gasteiger partial charge is 0.345 e. The summed E-state index contributed by atoms with van der Waals surface area (Å²) in [6.45, 7) is 0. The minimum Gasteiger partial charge on any atom is -0.405 e. The Bertz CT molecular complexity index is 1550. The highest BCUT2D eigenvalue weighted by Crippen LogP contribution is 2.33. The van der Waals surface area contributed by atoms with Crippen LogP contribution in [0.5, 0.6) is 0 Å². The van der Waals surface area contributed by atoms with Crippen LogP contribution >= 0.6 is 0 Å². The number of hydrogen-bond acceptors (Lipinski definition) is 2. The third kappa shape index (κ3) is 1.64. The van der Waals surface area contributed by atoms with Crippen LogP contribution < -0.4 is 5.63 Å². The SMILES string of the molecule is O=c1oc2c(cc3c4ccc5ccccc5c4ccn32)c2ccccc12. The molecule has 3 heteroatoms. The summed E-state index contributed by atoms with van der Waals surface area (Å²) in [5.74, 6) is 0. The molecule has 0 amide bonds. The average Bonchev–Trinajstić information content (AvgIpc) is 3.07. The normalized spacial score (nSPS) is 12.0. The summed E-state index contributed by atoms with van der Waals surface area (Å²) in [4.78, 5) is 12.4. The first-order valence-electron chi connectivity index (χ1n) is 8.58. The van der Waals surface area contributed by atoms with Gasteiger partial charge in [0.05, 0.1) is 10.9 Å². The quantitative estimate of drug-likeness (QED) is 0.343. The second-order valence-corrected chi connectivity index (χ2v) is 6.62. The number of aromatic nitrogens is 1. The summed E-state index contributed by atoms with van der Waals surface area (Å²) in [6.07, 6.45) is 1.99. The van der Waals surface area contributed by atoms with Gasteiger partial charge in [0.1, 0.15) is 0 Å². The van der Waals surface area contributed by atoms with E-state index in [1.165, 1.54) is 16.2 Å². The van der Waals surface area contributed by atoms with Crippen LogP contribution in [0.2, 0.25) is 0 Å². The van der Waals surface area contributed by atoms with Crippen molar-refractivity contribution in [3.63, 3.8) is 0 Å². The van der Waals surface area contributed by atoms with Gasteiger partial charge in [0.25, 0.3) is 0 Å². The molecule has 0 radical (unpaired) electrons. The van der Waals surface area contributed by atoms with Crippen molar-refractivity contribution in [2.45, 2.75) is 0 Å². The lowest BCUT2D eigenvalue weighted by Gasteiger charge is -2.06. The minimum absolute atomic E-state index is 0.299. The van der Waals surface area contributed by atoms with Gasteiger partial charge < -0.3 is 4.42 Å². The first kappa shape index (κ1) is 13.7. The summed E-state index contributed by atoms with van der Waals surface area (Å²) < 4.78 is 7.64. The van der Waals surface area contributed by atoms with E-state index in [-0.39, 0.29) is 5.63 Å². The Balaban J connectivity index is 1.89. The summed E-state index contributed by atoms with van der Waals surface area (Å²) in [5.41, 5.74) is 1.34. The second kappa shape index (κ2) is 4.73. The third-order valence-electron chi connectivity index (χ3n) is 5.25. The van der Waals surface area contributed by atoms with E-state index in [4.69, 9.17) is 4.42 Å². The average molecular weight is 335 g/mol. The molecular weight excluding hydrogens is 322 g/mol. The molecule has 3 heterocycles. The van der Waals surface area contributed by atoms with Gasteiger partial charge in [0.2, 0.25) is 5.71 Å². The molecule has 0 unspecified atom stereocenters. The van der Waals surface area contributed by atoms with Gasteiger partial charge >= 0.3 is 5.63 Å². The van der Waals surface area contributed by atoms with Crippen molar-refractivity contribution < 1.29 is 4.42 Å². The molecule has 0 saturated heterocycles. The highest BCUT2D eigenvalue weighted by molar-refractivity contribution is 6.15. The lowest BCUT2D eigenvalue weighted by molar-refractivity contribution is 0.555. The zero-order valence-corrected chi connectivity index (χ0v) is 13.8. The van der Waals surface area contributed by atoms with Crippen LogP contribution in [0.25, 0.3) is 48.9 Å². The van der Waals surface area contributed by atoms with Gasteiger partial charge in [0.15, 0.2) is 0 Å². The van der Waals surface area contributed by atoms with E-state index < -0.39 is 0 Å². The molecule has 0 atom stereocenters. The Morgan fingerprint density at radius 2 is 1.38 bits per heavy atom. The van der Waals surface area contributed by atoms with Gasteiger partial charge in [-0.05, 0) is 34.4 Å². The fourth-order valence-electron chi connectivity index (χ4n) is 4.05. The predicted molar refractivity (Wildman–Crippen MR) is 106 cm³/mol.